The molecule has 4 rings (SSSR count). The fourth-order valence-corrected chi connectivity index (χ4v) is 8.77. The van der Waals surface area contributed by atoms with Gasteiger partial charge in [0.05, 0.1) is 18.3 Å². The maximum Gasteiger partial charge on any atom is 0.303 e. The first-order chi connectivity index (χ1) is 13.6. The molecule has 0 aliphatic heterocycles. The zero-order chi connectivity index (χ0) is 21.1. The van der Waals surface area contributed by atoms with Crippen LogP contribution >= 0.6 is 0 Å². The highest BCUT2D eigenvalue weighted by Gasteiger charge is 2.65. The second-order valence-electron chi connectivity index (χ2n) is 11.5. The molecule has 0 bridgehead atoms. The van der Waals surface area contributed by atoms with Crippen LogP contribution in [0.1, 0.15) is 78.6 Å². The van der Waals surface area contributed by atoms with E-state index < -0.39 is 18.2 Å². The zero-order valence-electron chi connectivity index (χ0n) is 18.3. The van der Waals surface area contributed by atoms with E-state index in [2.05, 4.69) is 20.8 Å². The summed E-state index contributed by atoms with van der Waals surface area (Å²) in [6.07, 6.45) is 5.87. The van der Waals surface area contributed by atoms with Crippen LogP contribution in [0.4, 0.5) is 0 Å². The maximum absolute atomic E-state index is 11.3. The lowest BCUT2D eigenvalue weighted by atomic mass is 9.43. The van der Waals surface area contributed by atoms with Crippen molar-refractivity contribution in [2.45, 2.75) is 96.9 Å². The highest BCUT2D eigenvalue weighted by molar-refractivity contribution is 5.66. The topological polar surface area (TPSA) is 98.0 Å². The van der Waals surface area contributed by atoms with Gasteiger partial charge in [0.15, 0.2) is 0 Å². The largest absolute Gasteiger partial charge is 0.481 e. The van der Waals surface area contributed by atoms with Crippen LogP contribution in [0.2, 0.25) is 0 Å². The van der Waals surface area contributed by atoms with Crippen LogP contribution in [0, 0.1) is 46.3 Å². The van der Waals surface area contributed by atoms with Crippen LogP contribution in [0.15, 0.2) is 0 Å². The number of aliphatic hydroxyl groups is 3. The van der Waals surface area contributed by atoms with Crippen molar-refractivity contribution in [3.05, 3.63) is 0 Å². The average Bonchev–Trinajstić information content (AvgIpc) is 3.02. The van der Waals surface area contributed by atoms with Gasteiger partial charge in [0.2, 0.25) is 0 Å². The fraction of sp³-hybridized carbons (Fsp3) is 0.958. The Labute approximate surface area is 174 Å². The summed E-state index contributed by atoms with van der Waals surface area (Å²) in [6.45, 7) is 6.89. The highest BCUT2D eigenvalue weighted by Crippen LogP contribution is 2.68. The van der Waals surface area contributed by atoms with Gasteiger partial charge in [-0.1, -0.05) is 20.8 Å². The Morgan fingerprint density at radius 3 is 2.28 bits per heavy atom. The number of fused-ring (bicyclic) bond motifs is 5. The molecule has 11 atom stereocenters. The van der Waals surface area contributed by atoms with E-state index in [1.807, 2.05) is 0 Å². The van der Waals surface area contributed by atoms with Gasteiger partial charge in [0.25, 0.3) is 0 Å². The van der Waals surface area contributed by atoms with Crippen LogP contribution in [0.5, 0.6) is 0 Å². The lowest BCUT2D eigenvalue weighted by Crippen LogP contribution is -2.64. The maximum atomic E-state index is 11.3. The summed E-state index contributed by atoms with van der Waals surface area (Å²) in [5.41, 5.74) is 0.119. The Bertz CT molecular complexity index is 637. The van der Waals surface area contributed by atoms with E-state index in [0.29, 0.717) is 30.1 Å². The Morgan fingerprint density at radius 2 is 1.59 bits per heavy atom. The number of carbonyl (C=O) groups is 1. The Kier molecular flexibility index (Phi) is 5.57. The molecule has 166 valence electrons. The van der Waals surface area contributed by atoms with E-state index in [4.69, 9.17) is 5.11 Å². The number of hydrogen-bond acceptors (Lipinski definition) is 4. The Morgan fingerprint density at radius 1 is 0.931 bits per heavy atom. The van der Waals surface area contributed by atoms with Crippen molar-refractivity contribution in [2.24, 2.45) is 46.3 Å². The molecule has 5 nitrogen and oxygen atoms in total. The number of rotatable bonds is 4. The number of aliphatic hydroxyl groups excluding tert-OH is 3. The molecule has 0 heterocycles. The quantitative estimate of drug-likeness (QED) is 0.571. The fourth-order valence-electron chi connectivity index (χ4n) is 8.77. The van der Waals surface area contributed by atoms with Crippen LogP contribution in [-0.2, 0) is 4.79 Å². The molecule has 0 amide bonds. The number of hydrogen-bond donors (Lipinski definition) is 4. The predicted molar refractivity (Wildman–Crippen MR) is 110 cm³/mol. The minimum Gasteiger partial charge on any atom is -0.481 e. The van der Waals surface area contributed by atoms with E-state index in [1.54, 1.807) is 0 Å². The first-order valence-corrected chi connectivity index (χ1v) is 11.9. The molecule has 29 heavy (non-hydrogen) atoms. The van der Waals surface area contributed by atoms with Crippen molar-refractivity contribution >= 4 is 5.97 Å². The van der Waals surface area contributed by atoms with Crippen LogP contribution < -0.4 is 0 Å². The van der Waals surface area contributed by atoms with Crippen molar-refractivity contribution in [2.75, 3.05) is 0 Å². The first kappa shape index (κ1) is 21.6. The average molecular weight is 409 g/mol. The molecule has 0 saturated heterocycles. The van der Waals surface area contributed by atoms with Gasteiger partial charge < -0.3 is 20.4 Å². The van der Waals surface area contributed by atoms with Gasteiger partial charge in [-0.05, 0) is 97.7 Å². The molecule has 0 radical (unpaired) electrons. The standard InChI is InChI=1S/C24H40O5/c1-13(4-7-19(26)27)15-5-6-16-20-17(9-11-23(15,16)2)24(3)10-8-14(25)12-18(24)21(28)22(20)29/h13-18,20-22,25,28-29H,4-12H2,1-3H3,(H,26,27)/t13-,14+,15+,16-,17-,18-,20-,21-,22-,23+,24+/m0/s1. The molecule has 0 spiro atoms. The third-order valence-corrected chi connectivity index (χ3v) is 10.3. The molecule has 4 saturated carbocycles. The summed E-state index contributed by atoms with van der Waals surface area (Å²) in [7, 11) is 0. The lowest BCUT2D eigenvalue weighted by Gasteiger charge is -2.63. The SMILES string of the molecule is C[C@@H](CCC(=O)O)[C@H]1CC[C@H]2[C@@H]3[C@H](O)[C@@H](O)[C@@H]4C[C@H](O)CC[C@]4(C)[C@H]3CC[C@]12C. The van der Waals surface area contributed by atoms with Gasteiger partial charge in [-0.25, -0.2) is 0 Å². The predicted octanol–water partition coefficient (Wildman–Crippen LogP) is 3.45. The third kappa shape index (κ3) is 3.27. The molecule has 4 aliphatic rings. The minimum atomic E-state index is -0.748. The zero-order valence-corrected chi connectivity index (χ0v) is 18.3. The molecular weight excluding hydrogens is 368 g/mol. The van der Waals surface area contributed by atoms with Crippen molar-refractivity contribution in [1.29, 1.82) is 0 Å². The summed E-state index contributed by atoms with van der Waals surface area (Å²) < 4.78 is 0. The molecule has 0 aromatic rings. The molecule has 0 unspecified atom stereocenters. The molecule has 0 aromatic heterocycles. The van der Waals surface area contributed by atoms with Crippen LogP contribution in [0.3, 0.4) is 0 Å². The van der Waals surface area contributed by atoms with Gasteiger partial charge in [0, 0.05) is 6.42 Å². The van der Waals surface area contributed by atoms with E-state index in [-0.39, 0.29) is 35.2 Å². The van der Waals surface area contributed by atoms with Crippen LogP contribution in [-0.4, -0.2) is 44.7 Å². The van der Waals surface area contributed by atoms with Crippen molar-refractivity contribution in [1.82, 2.24) is 0 Å². The van der Waals surface area contributed by atoms with Crippen LogP contribution in [0.25, 0.3) is 0 Å². The number of carboxylic acid groups (broad SMARTS) is 1. The van der Waals surface area contributed by atoms with E-state index >= 15 is 0 Å². The normalized spacial score (nSPS) is 52.9. The van der Waals surface area contributed by atoms with Gasteiger partial charge >= 0.3 is 5.97 Å². The highest BCUT2D eigenvalue weighted by atomic mass is 16.4. The third-order valence-electron chi connectivity index (χ3n) is 10.3. The molecule has 4 aliphatic carbocycles. The van der Waals surface area contributed by atoms with Crippen molar-refractivity contribution < 1.29 is 25.2 Å². The van der Waals surface area contributed by atoms with Gasteiger partial charge in [-0.3, -0.25) is 4.79 Å². The van der Waals surface area contributed by atoms with E-state index in [0.717, 1.165) is 44.9 Å². The molecule has 5 heteroatoms. The summed E-state index contributed by atoms with van der Waals surface area (Å²) in [5.74, 6) is 1.06. The van der Waals surface area contributed by atoms with Gasteiger partial charge in [0.1, 0.15) is 0 Å². The summed E-state index contributed by atoms with van der Waals surface area (Å²) in [5, 5.41) is 41.7. The smallest absolute Gasteiger partial charge is 0.303 e. The lowest BCUT2D eigenvalue weighted by molar-refractivity contribution is -0.223. The summed E-state index contributed by atoms with van der Waals surface area (Å²) in [4.78, 5) is 11.1. The Balaban J connectivity index is 1.59. The minimum absolute atomic E-state index is 0.00309. The van der Waals surface area contributed by atoms with Gasteiger partial charge in [-0.15, -0.1) is 0 Å². The molecule has 0 aromatic carbocycles. The summed E-state index contributed by atoms with van der Waals surface area (Å²) >= 11 is 0. The monoisotopic (exact) mass is 408 g/mol. The van der Waals surface area contributed by atoms with E-state index in [1.165, 1.54) is 0 Å². The second-order valence-corrected chi connectivity index (χ2v) is 11.5. The molecule has 4 fully saturated rings. The molecular formula is C24H40O5. The second kappa shape index (κ2) is 7.49. The summed E-state index contributed by atoms with van der Waals surface area (Å²) in [6, 6.07) is 0. The first-order valence-electron chi connectivity index (χ1n) is 11.9. The van der Waals surface area contributed by atoms with E-state index in [9.17, 15) is 20.1 Å². The van der Waals surface area contributed by atoms with Gasteiger partial charge in [-0.2, -0.15) is 0 Å². The number of carboxylic acids is 1. The van der Waals surface area contributed by atoms with Crippen molar-refractivity contribution in [3.63, 3.8) is 0 Å². The van der Waals surface area contributed by atoms with Crippen molar-refractivity contribution in [3.8, 4) is 0 Å². The Hall–Kier alpha value is -0.650. The molecule has 4 N–H and O–H groups in total. The number of aliphatic carboxylic acids is 1.